The van der Waals surface area contributed by atoms with Gasteiger partial charge in [0.05, 0.1) is 0 Å². The summed E-state index contributed by atoms with van der Waals surface area (Å²) in [5, 5.41) is 2.85. The lowest BCUT2D eigenvalue weighted by atomic mass is 9.77. The SMILES string of the molecule is CC(C)(C)OC(=O)N1CCC2(CC1)Cc1cc(=O)[nH]n1C2. The van der Waals surface area contributed by atoms with Crippen molar-refractivity contribution in [2.24, 2.45) is 5.41 Å². The fourth-order valence-corrected chi connectivity index (χ4v) is 3.35. The van der Waals surface area contributed by atoms with Gasteiger partial charge in [-0.15, -0.1) is 0 Å². The van der Waals surface area contributed by atoms with Crippen LogP contribution in [0.5, 0.6) is 0 Å². The first-order valence-corrected chi connectivity index (χ1v) is 7.53. The number of piperidine rings is 1. The van der Waals surface area contributed by atoms with Crippen LogP contribution >= 0.6 is 0 Å². The summed E-state index contributed by atoms with van der Waals surface area (Å²) in [4.78, 5) is 25.2. The summed E-state index contributed by atoms with van der Waals surface area (Å²) in [6.07, 6.45) is 2.61. The molecule has 0 unspecified atom stereocenters. The Morgan fingerprint density at radius 1 is 1.33 bits per heavy atom. The summed E-state index contributed by atoms with van der Waals surface area (Å²) in [5.74, 6) is 0. The molecule has 0 aromatic carbocycles. The molecule has 0 bridgehead atoms. The number of hydrogen-bond donors (Lipinski definition) is 1. The van der Waals surface area contributed by atoms with E-state index in [2.05, 4.69) is 5.10 Å². The van der Waals surface area contributed by atoms with E-state index in [0.717, 1.165) is 44.6 Å². The van der Waals surface area contributed by atoms with Crippen molar-refractivity contribution in [3.05, 3.63) is 22.1 Å². The van der Waals surface area contributed by atoms with Gasteiger partial charge in [0.2, 0.25) is 0 Å². The molecule has 0 aliphatic carbocycles. The normalized spacial score (nSPS) is 20.6. The highest BCUT2D eigenvalue weighted by Gasteiger charge is 2.42. The van der Waals surface area contributed by atoms with Gasteiger partial charge < -0.3 is 9.64 Å². The van der Waals surface area contributed by atoms with E-state index in [9.17, 15) is 9.59 Å². The van der Waals surface area contributed by atoms with Crippen molar-refractivity contribution in [1.82, 2.24) is 14.7 Å². The van der Waals surface area contributed by atoms with Crippen molar-refractivity contribution in [3.63, 3.8) is 0 Å². The first kappa shape index (κ1) is 14.2. The molecule has 1 aromatic heterocycles. The minimum absolute atomic E-state index is 0.0222. The Balaban J connectivity index is 1.60. The van der Waals surface area contributed by atoms with Gasteiger partial charge in [0, 0.05) is 31.4 Å². The van der Waals surface area contributed by atoms with Crippen molar-refractivity contribution >= 4 is 6.09 Å². The zero-order valence-electron chi connectivity index (χ0n) is 12.9. The molecular weight excluding hydrogens is 270 g/mol. The molecule has 1 amide bonds. The second kappa shape index (κ2) is 4.64. The molecule has 3 heterocycles. The Kier molecular flexibility index (Phi) is 3.15. The van der Waals surface area contributed by atoms with Crippen molar-refractivity contribution < 1.29 is 9.53 Å². The molecular formula is C15H23N3O3. The van der Waals surface area contributed by atoms with Gasteiger partial charge in [-0.2, -0.15) is 0 Å². The summed E-state index contributed by atoms with van der Waals surface area (Å²) in [6, 6.07) is 1.69. The number of amides is 1. The van der Waals surface area contributed by atoms with Crippen LogP contribution in [0.2, 0.25) is 0 Å². The number of hydrogen-bond acceptors (Lipinski definition) is 3. The molecule has 1 fully saturated rings. The fraction of sp³-hybridized carbons (Fsp3) is 0.733. The van der Waals surface area contributed by atoms with E-state index in [4.69, 9.17) is 4.74 Å². The largest absolute Gasteiger partial charge is 0.444 e. The topological polar surface area (TPSA) is 67.3 Å². The van der Waals surface area contributed by atoms with Crippen LogP contribution in [0.25, 0.3) is 0 Å². The fourth-order valence-electron chi connectivity index (χ4n) is 3.35. The van der Waals surface area contributed by atoms with Crippen LogP contribution in [0.15, 0.2) is 10.9 Å². The average Bonchev–Trinajstić information content (AvgIpc) is 2.81. The van der Waals surface area contributed by atoms with Crippen LogP contribution in [-0.4, -0.2) is 39.5 Å². The standard InChI is InChI=1S/C15H23N3O3/c1-14(2,3)21-13(20)17-6-4-15(5-7-17)9-11-8-12(19)16-18(11)10-15/h8H,4-7,9-10H2,1-3H3,(H,16,19). The number of rotatable bonds is 0. The Labute approximate surface area is 124 Å². The van der Waals surface area contributed by atoms with Crippen molar-refractivity contribution in [1.29, 1.82) is 0 Å². The van der Waals surface area contributed by atoms with Crippen molar-refractivity contribution in [3.8, 4) is 0 Å². The number of likely N-dealkylation sites (tertiary alicyclic amines) is 1. The molecule has 6 nitrogen and oxygen atoms in total. The summed E-state index contributed by atoms with van der Waals surface area (Å²) >= 11 is 0. The van der Waals surface area contributed by atoms with Crippen LogP contribution in [-0.2, 0) is 17.7 Å². The van der Waals surface area contributed by atoms with Crippen LogP contribution in [0.1, 0.15) is 39.3 Å². The number of nitrogens with one attached hydrogen (secondary N) is 1. The molecule has 1 N–H and O–H groups in total. The van der Waals surface area contributed by atoms with Gasteiger partial charge in [-0.1, -0.05) is 0 Å². The van der Waals surface area contributed by atoms with Crippen molar-refractivity contribution in [2.45, 2.75) is 52.2 Å². The quantitative estimate of drug-likeness (QED) is 0.792. The van der Waals surface area contributed by atoms with Gasteiger partial charge in [0.15, 0.2) is 0 Å². The third kappa shape index (κ3) is 2.84. The first-order chi connectivity index (χ1) is 9.76. The maximum absolute atomic E-state index is 12.1. The predicted octanol–water partition coefficient (Wildman–Crippen LogP) is 1.75. The number of nitrogens with zero attached hydrogens (tertiary/aromatic N) is 2. The minimum Gasteiger partial charge on any atom is -0.444 e. The van der Waals surface area contributed by atoms with Gasteiger partial charge >= 0.3 is 6.09 Å². The highest BCUT2D eigenvalue weighted by molar-refractivity contribution is 5.68. The number of aromatic nitrogens is 2. The Morgan fingerprint density at radius 2 is 2.00 bits per heavy atom. The number of carbonyl (C=O) groups is 1. The molecule has 0 radical (unpaired) electrons. The Morgan fingerprint density at radius 3 is 2.57 bits per heavy atom. The predicted molar refractivity (Wildman–Crippen MR) is 78.2 cm³/mol. The summed E-state index contributed by atoms with van der Waals surface area (Å²) in [6.45, 7) is 7.96. The molecule has 0 atom stereocenters. The van der Waals surface area contributed by atoms with Gasteiger partial charge in [-0.05, 0) is 45.4 Å². The lowest BCUT2D eigenvalue weighted by molar-refractivity contribution is 0.00980. The average molecular weight is 293 g/mol. The molecule has 1 saturated heterocycles. The number of aromatic amines is 1. The smallest absolute Gasteiger partial charge is 0.410 e. The maximum atomic E-state index is 12.1. The van der Waals surface area contributed by atoms with E-state index < -0.39 is 5.60 Å². The summed E-state index contributed by atoms with van der Waals surface area (Å²) < 4.78 is 7.39. The number of H-pyrrole nitrogens is 1. The number of ether oxygens (including phenoxy) is 1. The second-order valence-corrected chi connectivity index (χ2v) is 7.34. The lowest BCUT2D eigenvalue weighted by Crippen LogP contribution is -2.45. The van der Waals surface area contributed by atoms with E-state index >= 15 is 0 Å². The van der Waals surface area contributed by atoms with Crippen molar-refractivity contribution in [2.75, 3.05) is 13.1 Å². The zero-order valence-corrected chi connectivity index (χ0v) is 12.9. The molecule has 0 saturated carbocycles. The maximum Gasteiger partial charge on any atom is 0.410 e. The number of fused-ring (bicyclic) bond motifs is 1. The second-order valence-electron chi connectivity index (χ2n) is 7.34. The third-order valence-electron chi connectivity index (χ3n) is 4.41. The summed E-state index contributed by atoms with van der Waals surface area (Å²) in [7, 11) is 0. The monoisotopic (exact) mass is 293 g/mol. The molecule has 2 aliphatic rings. The highest BCUT2D eigenvalue weighted by atomic mass is 16.6. The highest BCUT2D eigenvalue weighted by Crippen LogP contribution is 2.40. The number of carbonyl (C=O) groups excluding carboxylic acids is 1. The van der Waals surface area contributed by atoms with E-state index in [-0.39, 0.29) is 17.1 Å². The van der Waals surface area contributed by atoms with Crippen LogP contribution in [0.3, 0.4) is 0 Å². The third-order valence-corrected chi connectivity index (χ3v) is 4.41. The van der Waals surface area contributed by atoms with E-state index in [0.29, 0.717) is 0 Å². The minimum atomic E-state index is -0.447. The zero-order chi connectivity index (χ0) is 15.3. The van der Waals surface area contributed by atoms with Gasteiger partial charge in [0.25, 0.3) is 5.56 Å². The lowest BCUT2D eigenvalue weighted by Gasteiger charge is -2.39. The van der Waals surface area contributed by atoms with Gasteiger partial charge in [0.1, 0.15) is 5.60 Å². The Hall–Kier alpha value is -1.72. The van der Waals surface area contributed by atoms with E-state index in [1.54, 1.807) is 11.0 Å². The van der Waals surface area contributed by atoms with Gasteiger partial charge in [-0.25, -0.2) is 4.79 Å². The summed E-state index contributed by atoms with van der Waals surface area (Å²) in [5.41, 5.74) is 0.812. The molecule has 1 aromatic rings. The molecule has 116 valence electrons. The van der Waals surface area contributed by atoms with E-state index in [1.165, 1.54) is 0 Å². The molecule has 21 heavy (non-hydrogen) atoms. The van der Waals surface area contributed by atoms with Crippen LogP contribution in [0, 0.1) is 5.41 Å². The molecule has 6 heteroatoms. The van der Waals surface area contributed by atoms with Crippen LogP contribution in [0.4, 0.5) is 4.79 Å². The molecule has 1 spiro atoms. The Bertz CT molecular complexity index is 572. The molecule has 3 rings (SSSR count). The van der Waals surface area contributed by atoms with E-state index in [1.807, 2.05) is 25.5 Å². The first-order valence-electron chi connectivity index (χ1n) is 7.53. The molecule has 2 aliphatic heterocycles. The van der Waals surface area contributed by atoms with Gasteiger partial charge in [-0.3, -0.25) is 14.6 Å². The van der Waals surface area contributed by atoms with Crippen LogP contribution < -0.4 is 5.56 Å².